The third-order valence-corrected chi connectivity index (χ3v) is 6.62. The first kappa shape index (κ1) is 23.4. The predicted molar refractivity (Wildman–Crippen MR) is 126 cm³/mol. The first-order valence-electron chi connectivity index (χ1n) is 10.1. The van der Waals surface area contributed by atoms with Crippen LogP contribution in [-0.4, -0.2) is 52.5 Å². The Balaban J connectivity index is 1.41. The minimum absolute atomic E-state index is 0.183. The number of halogens is 2. The second-order valence-corrected chi connectivity index (χ2v) is 9.28. The maximum Gasteiger partial charge on any atom is 0.345 e. The van der Waals surface area contributed by atoms with E-state index in [1.165, 1.54) is 12.1 Å². The molecule has 0 bridgehead atoms. The summed E-state index contributed by atoms with van der Waals surface area (Å²) in [6.07, 6.45) is 3.43. The molecule has 0 saturated carbocycles. The number of thioether (sulfide) groups is 1. The molecule has 170 valence electrons. The van der Waals surface area contributed by atoms with Crippen molar-refractivity contribution in [3.63, 3.8) is 0 Å². The third-order valence-electron chi connectivity index (χ3n) is 5.17. The maximum absolute atomic E-state index is 12.6. The Morgan fingerprint density at radius 1 is 1.03 bits per heavy atom. The van der Waals surface area contributed by atoms with Crippen molar-refractivity contribution < 1.29 is 23.9 Å². The van der Waals surface area contributed by atoms with Gasteiger partial charge in [-0.25, -0.2) is 4.79 Å². The van der Waals surface area contributed by atoms with E-state index in [1.807, 2.05) is 0 Å². The Labute approximate surface area is 204 Å². The minimum atomic E-state index is -0.631. The monoisotopic (exact) mass is 504 g/mol. The number of esters is 1. The molecule has 2 aliphatic heterocycles. The van der Waals surface area contributed by atoms with Gasteiger partial charge in [0.15, 0.2) is 0 Å². The number of benzene rings is 2. The van der Waals surface area contributed by atoms with Crippen LogP contribution in [0.4, 0.5) is 4.79 Å². The molecule has 0 atom stereocenters. The lowest BCUT2D eigenvalue weighted by Gasteiger charge is -2.18. The minimum Gasteiger partial charge on any atom is -0.423 e. The lowest BCUT2D eigenvalue weighted by Crippen LogP contribution is -2.40. The van der Waals surface area contributed by atoms with E-state index in [0.29, 0.717) is 23.7 Å². The molecule has 2 fully saturated rings. The van der Waals surface area contributed by atoms with Gasteiger partial charge in [0.2, 0.25) is 5.91 Å². The van der Waals surface area contributed by atoms with Crippen LogP contribution in [0.2, 0.25) is 10.0 Å². The number of ether oxygens (including phenoxy) is 1. The first-order chi connectivity index (χ1) is 15.8. The number of hydrogen-bond donors (Lipinski definition) is 0. The molecular weight excluding hydrogens is 487 g/mol. The Bertz CT molecular complexity index is 1160. The van der Waals surface area contributed by atoms with Crippen molar-refractivity contribution in [3.8, 4) is 5.75 Å². The van der Waals surface area contributed by atoms with Crippen LogP contribution in [0.1, 0.15) is 28.8 Å². The second kappa shape index (κ2) is 9.99. The molecule has 2 aromatic carbocycles. The molecule has 7 nitrogen and oxygen atoms in total. The fraction of sp³-hybridized carbons (Fsp3) is 0.217. The van der Waals surface area contributed by atoms with Gasteiger partial charge in [-0.2, -0.15) is 0 Å². The van der Waals surface area contributed by atoms with E-state index in [2.05, 4.69) is 0 Å². The highest BCUT2D eigenvalue weighted by Crippen LogP contribution is 2.32. The van der Waals surface area contributed by atoms with E-state index >= 15 is 0 Å². The summed E-state index contributed by atoms with van der Waals surface area (Å²) in [5.74, 6) is -1.06. The highest BCUT2D eigenvalue weighted by molar-refractivity contribution is 8.18. The molecule has 2 saturated heterocycles. The van der Waals surface area contributed by atoms with Crippen LogP contribution in [0.5, 0.6) is 5.75 Å². The molecule has 2 aromatic rings. The van der Waals surface area contributed by atoms with E-state index in [4.69, 9.17) is 27.9 Å². The third kappa shape index (κ3) is 5.40. The fourth-order valence-electron chi connectivity index (χ4n) is 3.44. The summed E-state index contributed by atoms with van der Waals surface area (Å²) in [7, 11) is 0. The van der Waals surface area contributed by atoms with Crippen LogP contribution in [0.25, 0.3) is 6.08 Å². The predicted octanol–water partition coefficient (Wildman–Crippen LogP) is 4.87. The van der Waals surface area contributed by atoms with Crippen molar-refractivity contribution in [2.45, 2.75) is 12.8 Å². The van der Waals surface area contributed by atoms with E-state index < -0.39 is 17.1 Å². The number of imide groups is 1. The molecule has 33 heavy (non-hydrogen) atoms. The van der Waals surface area contributed by atoms with Crippen LogP contribution in [-0.2, 0) is 9.59 Å². The summed E-state index contributed by atoms with van der Waals surface area (Å²) >= 11 is 12.7. The number of carbonyl (C=O) groups is 4. The summed E-state index contributed by atoms with van der Waals surface area (Å²) in [6, 6.07) is 10.9. The van der Waals surface area contributed by atoms with Crippen molar-refractivity contribution in [1.82, 2.24) is 9.80 Å². The Morgan fingerprint density at radius 2 is 1.73 bits per heavy atom. The number of amides is 3. The van der Waals surface area contributed by atoms with Gasteiger partial charge in [0, 0.05) is 18.1 Å². The molecule has 0 aliphatic carbocycles. The van der Waals surface area contributed by atoms with E-state index in [0.717, 1.165) is 29.5 Å². The molecule has 0 N–H and O–H groups in total. The van der Waals surface area contributed by atoms with Crippen LogP contribution in [0.15, 0.2) is 47.4 Å². The number of carbonyl (C=O) groups excluding carboxylic acids is 4. The van der Waals surface area contributed by atoms with Crippen molar-refractivity contribution in [1.29, 1.82) is 0 Å². The molecule has 0 aromatic heterocycles. The van der Waals surface area contributed by atoms with Gasteiger partial charge in [0.05, 0.1) is 15.5 Å². The lowest BCUT2D eigenvalue weighted by molar-refractivity contribution is -0.135. The topological polar surface area (TPSA) is 84.0 Å². The van der Waals surface area contributed by atoms with Crippen LogP contribution in [0, 0.1) is 0 Å². The molecule has 0 unspecified atom stereocenters. The van der Waals surface area contributed by atoms with Gasteiger partial charge in [0.1, 0.15) is 12.3 Å². The van der Waals surface area contributed by atoms with Crippen molar-refractivity contribution in [2.24, 2.45) is 0 Å². The smallest absolute Gasteiger partial charge is 0.345 e. The maximum atomic E-state index is 12.6. The molecule has 0 spiro atoms. The van der Waals surface area contributed by atoms with Gasteiger partial charge in [-0.15, -0.1) is 0 Å². The average Bonchev–Trinajstić information content (AvgIpc) is 3.40. The van der Waals surface area contributed by atoms with E-state index in [9.17, 15) is 19.2 Å². The second-order valence-electron chi connectivity index (χ2n) is 7.44. The first-order valence-corrected chi connectivity index (χ1v) is 11.7. The summed E-state index contributed by atoms with van der Waals surface area (Å²) in [4.78, 5) is 52.4. The molecule has 10 heteroatoms. The normalized spacial score (nSPS) is 17.2. The molecule has 2 heterocycles. The van der Waals surface area contributed by atoms with Gasteiger partial charge in [-0.05, 0) is 66.6 Å². The zero-order chi connectivity index (χ0) is 23.5. The van der Waals surface area contributed by atoms with Crippen LogP contribution in [0.3, 0.4) is 0 Å². The largest absolute Gasteiger partial charge is 0.423 e. The fourth-order valence-corrected chi connectivity index (χ4v) is 4.76. The zero-order valence-corrected chi connectivity index (χ0v) is 19.6. The van der Waals surface area contributed by atoms with Crippen LogP contribution >= 0.6 is 35.0 Å². The molecule has 4 rings (SSSR count). The van der Waals surface area contributed by atoms with Crippen molar-refractivity contribution in [3.05, 3.63) is 68.5 Å². The Hall–Kier alpha value is -2.81. The number of hydrogen-bond acceptors (Lipinski definition) is 6. The van der Waals surface area contributed by atoms with Gasteiger partial charge < -0.3 is 9.64 Å². The standard InChI is InChI=1S/C23H18Cl2N2O5S/c24-15-5-8-17(18(25)12-15)22(30)32-16-6-3-14(4-7-16)11-19-21(29)27(23(31)33-19)13-20(28)26-9-1-2-10-26/h3-8,11-12H,1-2,9-10,13H2/b19-11-. The summed E-state index contributed by atoms with van der Waals surface area (Å²) in [5, 5.41) is 0.123. The zero-order valence-electron chi connectivity index (χ0n) is 17.3. The van der Waals surface area contributed by atoms with Gasteiger partial charge in [-0.3, -0.25) is 19.3 Å². The number of rotatable bonds is 5. The SMILES string of the molecule is O=C(Oc1ccc(/C=C2\SC(=O)N(CC(=O)N3CCCC3)C2=O)cc1)c1ccc(Cl)cc1Cl. The van der Waals surface area contributed by atoms with Gasteiger partial charge in [-0.1, -0.05) is 35.3 Å². The van der Waals surface area contributed by atoms with Gasteiger partial charge >= 0.3 is 5.97 Å². The van der Waals surface area contributed by atoms with E-state index in [1.54, 1.807) is 41.3 Å². The summed E-state index contributed by atoms with van der Waals surface area (Å²) in [6.45, 7) is 1.07. The Kier molecular flexibility index (Phi) is 7.07. The lowest BCUT2D eigenvalue weighted by atomic mass is 10.2. The van der Waals surface area contributed by atoms with E-state index in [-0.39, 0.29) is 33.7 Å². The van der Waals surface area contributed by atoms with Crippen molar-refractivity contribution >= 4 is 64.1 Å². The van der Waals surface area contributed by atoms with Crippen LogP contribution < -0.4 is 4.74 Å². The summed E-state index contributed by atoms with van der Waals surface area (Å²) in [5.41, 5.74) is 0.818. The molecule has 3 amide bonds. The highest BCUT2D eigenvalue weighted by Gasteiger charge is 2.37. The summed E-state index contributed by atoms with van der Waals surface area (Å²) < 4.78 is 5.33. The number of likely N-dealkylation sites (tertiary alicyclic amines) is 1. The quantitative estimate of drug-likeness (QED) is 0.328. The highest BCUT2D eigenvalue weighted by atomic mass is 35.5. The van der Waals surface area contributed by atoms with Crippen molar-refractivity contribution in [2.75, 3.05) is 19.6 Å². The average molecular weight is 505 g/mol. The molecule has 2 aliphatic rings. The number of nitrogens with zero attached hydrogens (tertiary/aromatic N) is 2. The molecular formula is C23H18Cl2N2O5S. The Morgan fingerprint density at radius 3 is 2.39 bits per heavy atom. The molecule has 0 radical (unpaired) electrons. The van der Waals surface area contributed by atoms with Gasteiger partial charge in [0.25, 0.3) is 11.1 Å².